The third-order valence-corrected chi connectivity index (χ3v) is 3.42. The van der Waals surface area contributed by atoms with Crippen LogP contribution in [0.4, 0.5) is 32.0 Å². The molecule has 21 heavy (non-hydrogen) atoms. The third kappa shape index (κ3) is 5.37. The fraction of sp³-hybridized carbons (Fsp3) is 0.364. The van der Waals surface area contributed by atoms with Gasteiger partial charge >= 0.3 is 12.4 Å². The van der Waals surface area contributed by atoms with Crippen LogP contribution in [0.15, 0.2) is 22.0 Å². The largest absolute Gasteiger partial charge is 0.506 e. The van der Waals surface area contributed by atoms with Crippen LogP contribution in [0.3, 0.4) is 0 Å². The zero-order valence-electron chi connectivity index (χ0n) is 10.5. The summed E-state index contributed by atoms with van der Waals surface area (Å²) >= 11 is 0.384. The first-order valence-corrected chi connectivity index (χ1v) is 6.33. The Morgan fingerprint density at radius 1 is 1.24 bits per heavy atom. The molecule has 1 aromatic carbocycles. The number of phenols is 1. The van der Waals surface area contributed by atoms with Crippen molar-refractivity contribution in [1.82, 2.24) is 0 Å². The van der Waals surface area contributed by atoms with Crippen molar-refractivity contribution < 1.29 is 31.4 Å². The number of benzene rings is 1. The molecular formula is C11H10F6N2OS. The summed E-state index contributed by atoms with van der Waals surface area (Å²) in [5.41, 5.74) is 4.45. The number of rotatable bonds is 3. The molecule has 0 saturated heterocycles. The molecular weight excluding hydrogens is 322 g/mol. The average Bonchev–Trinajstić information content (AvgIpc) is 2.28. The third-order valence-electron chi connectivity index (χ3n) is 2.19. The molecule has 0 spiro atoms. The molecule has 0 aliphatic heterocycles. The van der Waals surface area contributed by atoms with Gasteiger partial charge in [0.05, 0.1) is 5.75 Å². The van der Waals surface area contributed by atoms with Gasteiger partial charge in [0.15, 0.2) is 0 Å². The number of halogens is 6. The first-order valence-electron chi connectivity index (χ1n) is 5.34. The van der Waals surface area contributed by atoms with Crippen molar-refractivity contribution in [2.75, 3.05) is 5.75 Å². The van der Waals surface area contributed by atoms with Gasteiger partial charge in [0.2, 0.25) is 5.84 Å². The van der Waals surface area contributed by atoms with Gasteiger partial charge < -0.3 is 10.8 Å². The van der Waals surface area contributed by atoms with Gasteiger partial charge in [-0.3, -0.25) is 0 Å². The molecule has 0 fully saturated rings. The number of nitrogens with two attached hydrogens (primary N) is 1. The molecule has 0 aromatic heterocycles. The van der Waals surface area contributed by atoms with Gasteiger partial charge in [-0.05, 0) is 24.6 Å². The minimum Gasteiger partial charge on any atom is -0.506 e. The highest BCUT2D eigenvalue weighted by molar-refractivity contribution is 7.99. The van der Waals surface area contributed by atoms with Crippen LogP contribution in [0.25, 0.3) is 0 Å². The van der Waals surface area contributed by atoms with E-state index in [1.54, 1.807) is 0 Å². The maximum absolute atomic E-state index is 12.3. The van der Waals surface area contributed by atoms with E-state index in [-0.39, 0.29) is 10.5 Å². The molecule has 0 radical (unpaired) electrons. The lowest BCUT2D eigenvalue weighted by Gasteiger charge is -2.11. The molecule has 1 rings (SSSR count). The SMILES string of the molecule is Cc1cc(O)c(N=C(N)C(F)(F)F)cc1SCC(F)(F)F. The summed E-state index contributed by atoms with van der Waals surface area (Å²) in [4.78, 5) is 3.06. The van der Waals surface area contributed by atoms with Crippen molar-refractivity contribution >= 4 is 23.3 Å². The Labute approximate surface area is 119 Å². The van der Waals surface area contributed by atoms with E-state index in [4.69, 9.17) is 5.73 Å². The average molecular weight is 332 g/mol. The molecule has 1 aromatic rings. The van der Waals surface area contributed by atoms with Crippen LogP contribution in [0.1, 0.15) is 5.56 Å². The van der Waals surface area contributed by atoms with Crippen LogP contribution in [0.2, 0.25) is 0 Å². The quantitative estimate of drug-likeness (QED) is 0.382. The Morgan fingerprint density at radius 2 is 1.81 bits per heavy atom. The van der Waals surface area contributed by atoms with Gasteiger partial charge in [-0.15, -0.1) is 11.8 Å². The maximum Gasteiger partial charge on any atom is 0.448 e. The number of nitrogens with zero attached hydrogens (tertiary/aromatic N) is 1. The number of hydrogen-bond donors (Lipinski definition) is 2. The van der Waals surface area contributed by atoms with E-state index in [9.17, 15) is 31.4 Å². The number of hydrogen-bond acceptors (Lipinski definition) is 3. The summed E-state index contributed by atoms with van der Waals surface area (Å²) < 4.78 is 73.2. The lowest BCUT2D eigenvalue weighted by molar-refractivity contribution is -0.105. The Kier molecular flexibility index (Phi) is 5.03. The Bertz CT molecular complexity index is 553. The van der Waals surface area contributed by atoms with Gasteiger partial charge in [-0.25, -0.2) is 4.99 Å². The highest BCUT2D eigenvalue weighted by atomic mass is 32.2. The number of aryl methyl sites for hydroxylation is 1. The van der Waals surface area contributed by atoms with Gasteiger partial charge in [0.1, 0.15) is 11.4 Å². The van der Waals surface area contributed by atoms with E-state index < -0.39 is 35.4 Å². The predicted octanol–water partition coefficient (Wildman–Crippen LogP) is 3.91. The lowest BCUT2D eigenvalue weighted by Crippen LogP contribution is -2.30. The maximum atomic E-state index is 12.3. The predicted molar refractivity (Wildman–Crippen MR) is 67.0 cm³/mol. The summed E-state index contributed by atoms with van der Waals surface area (Å²) in [5.74, 6) is -3.51. The Balaban J connectivity index is 3.12. The van der Waals surface area contributed by atoms with Crippen LogP contribution in [-0.2, 0) is 0 Å². The zero-order valence-corrected chi connectivity index (χ0v) is 11.3. The summed E-state index contributed by atoms with van der Waals surface area (Å²) in [5, 5.41) is 9.50. The minimum atomic E-state index is -4.89. The number of aromatic hydroxyl groups is 1. The summed E-state index contributed by atoms with van der Waals surface area (Å²) in [7, 11) is 0. The Hall–Kier alpha value is -1.58. The fourth-order valence-corrected chi connectivity index (χ4v) is 2.06. The van der Waals surface area contributed by atoms with Crippen molar-refractivity contribution in [3.05, 3.63) is 17.7 Å². The molecule has 0 bridgehead atoms. The van der Waals surface area contributed by atoms with Gasteiger partial charge in [-0.2, -0.15) is 26.3 Å². The highest BCUT2D eigenvalue weighted by Gasteiger charge is 2.34. The molecule has 118 valence electrons. The molecule has 3 N–H and O–H groups in total. The molecule has 0 saturated carbocycles. The van der Waals surface area contributed by atoms with E-state index in [0.717, 1.165) is 12.1 Å². The molecule has 0 aliphatic carbocycles. The molecule has 3 nitrogen and oxygen atoms in total. The van der Waals surface area contributed by atoms with Crippen molar-refractivity contribution in [2.24, 2.45) is 10.7 Å². The van der Waals surface area contributed by atoms with Gasteiger partial charge in [0, 0.05) is 4.90 Å². The second-order valence-electron chi connectivity index (χ2n) is 4.01. The standard InChI is InChI=1S/C11H10F6N2OS/c1-5-2-7(20)6(19-9(18)11(15,16)17)3-8(5)21-4-10(12,13)14/h2-3,20H,4H2,1H3,(H2,18,19). The van der Waals surface area contributed by atoms with Gasteiger partial charge in [0.25, 0.3) is 0 Å². The monoisotopic (exact) mass is 332 g/mol. The van der Waals surface area contributed by atoms with Crippen molar-refractivity contribution in [2.45, 2.75) is 24.2 Å². The summed E-state index contributed by atoms with van der Waals surface area (Å²) in [6, 6.07) is 1.96. The molecule has 0 heterocycles. The fourth-order valence-electron chi connectivity index (χ4n) is 1.26. The molecule has 10 heteroatoms. The Morgan fingerprint density at radius 3 is 2.29 bits per heavy atom. The second kappa shape index (κ2) is 6.04. The molecule has 0 atom stereocenters. The summed E-state index contributed by atoms with van der Waals surface area (Å²) in [6.07, 6.45) is -9.32. The zero-order chi connectivity index (χ0) is 16.4. The normalized spacial score (nSPS) is 13.6. The second-order valence-corrected chi connectivity index (χ2v) is 5.02. The van der Waals surface area contributed by atoms with E-state index in [2.05, 4.69) is 4.99 Å². The highest BCUT2D eigenvalue weighted by Crippen LogP contribution is 2.37. The van der Waals surface area contributed by atoms with E-state index in [0.29, 0.717) is 11.8 Å². The van der Waals surface area contributed by atoms with E-state index >= 15 is 0 Å². The van der Waals surface area contributed by atoms with Crippen LogP contribution in [-0.4, -0.2) is 29.0 Å². The van der Waals surface area contributed by atoms with Crippen LogP contribution in [0.5, 0.6) is 5.75 Å². The van der Waals surface area contributed by atoms with Crippen molar-refractivity contribution in [3.8, 4) is 5.75 Å². The minimum absolute atomic E-state index is 0.0545. The van der Waals surface area contributed by atoms with Crippen LogP contribution < -0.4 is 5.73 Å². The molecule has 0 amide bonds. The van der Waals surface area contributed by atoms with E-state index in [1.165, 1.54) is 6.92 Å². The van der Waals surface area contributed by atoms with Crippen molar-refractivity contribution in [1.29, 1.82) is 0 Å². The van der Waals surface area contributed by atoms with Crippen molar-refractivity contribution in [3.63, 3.8) is 0 Å². The van der Waals surface area contributed by atoms with Crippen LogP contribution >= 0.6 is 11.8 Å². The number of amidine groups is 1. The number of phenolic OH excluding ortho intramolecular Hbond substituents is 1. The molecule has 0 aliphatic rings. The van der Waals surface area contributed by atoms with E-state index in [1.807, 2.05) is 0 Å². The first-order chi connectivity index (χ1) is 9.40. The van der Waals surface area contributed by atoms with Crippen LogP contribution in [0, 0.1) is 6.92 Å². The lowest BCUT2D eigenvalue weighted by atomic mass is 10.2. The number of aliphatic imine (C=N–C) groups is 1. The first kappa shape index (κ1) is 17.5. The number of thioether (sulfide) groups is 1. The smallest absolute Gasteiger partial charge is 0.448 e. The molecule has 0 unspecified atom stereocenters. The summed E-state index contributed by atoms with van der Waals surface area (Å²) in [6.45, 7) is 1.42. The topological polar surface area (TPSA) is 58.6 Å². The van der Waals surface area contributed by atoms with Gasteiger partial charge in [-0.1, -0.05) is 0 Å². The number of alkyl halides is 6.